The smallest absolute Gasteiger partial charge is 0.226 e. The van der Waals surface area contributed by atoms with E-state index in [1.54, 1.807) is 24.8 Å². The number of aromatic amines is 2. The van der Waals surface area contributed by atoms with E-state index in [2.05, 4.69) is 43.6 Å². The third-order valence-corrected chi connectivity index (χ3v) is 6.32. The van der Waals surface area contributed by atoms with Crippen LogP contribution in [0.4, 0.5) is 0 Å². The van der Waals surface area contributed by atoms with Crippen LogP contribution < -0.4 is 0 Å². The summed E-state index contributed by atoms with van der Waals surface area (Å²) in [6.07, 6.45) is 13.9. The van der Waals surface area contributed by atoms with E-state index in [-0.39, 0.29) is 11.8 Å². The molecule has 2 aromatic rings. The van der Waals surface area contributed by atoms with Crippen LogP contribution in [0.25, 0.3) is 0 Å². The molecule has 8 heteroatoms. The number of amides is 1. The summed E-state index contributed by atoms with van der Waals surface area (Å²) in [6.45, 7) is 12.3. The summed E-state index contributed by atoms with van der Waals surface area (Å²) >= 11 is 0. The van der Waals surface area contributed by atoms with Gasteiger partial charge in [-0.3, -0.25) is 4.79 Å². The van der Waals surface area contributed by atoms with Crippen molar-refractivity contribution in [2.24, 2.45) is 5.92 Å². The van der Waals surface area contributed by atoms with E-state index >= 15 is 0 Å². The van der Waals surface area contributed by atoms with Crippen LogP contribution in [0.15, 0.2) is 24.8 Å². The number of imidazole rings is 2. The molecule has 8 nitrogen and oxygen atoms in total. The van der Waals surface area contributed by atoms with Gasteiger partial charge in [0.05, 0.1) is 13.1 Å². The van der Waals surface area contributed by atoms with Crippen molar-refractivity contribution in [1.29, 1.82) is 0 Å². The molecule has 0 atom stereocenters. The van der Waals surface area contributed by atoms with Crippen molar-refractivity contribution in [1.82, 2.24) is 34.6 Å². The number of H-pyrrole nitrogens is 2. The average Bonchev–Trinajstić information content (AvgIpc) is 3.51. The number of nitrogens with zero attached hydrogens (tertiary/aromatic N) is 5. The molecule has 0 unspecified atom stereocenters. The standard InChI is InChI=1S/C24H41N7O/c1-3-13-29(14-4-2)15-5-6-16-30-17-7-21(8-18-30)24(32)31(19-22-25-9-10-26-22)20-23-27-11-12-28-23/h9-12,21H,3-8,13-20H2,1-2H3,(H,25,26)(H,27,28). The summed E-state index contributed by atoms with van der Waals surface area (Å²) in [6, 6.07) is 0. The quantitative estimate of drug-likeness (QED) is 0.438. The molecule has 1 saturated heterocycles. The van der Waals surface area contributed by atoms with Gasteiger partial charge in [-0.2, -0.15) is 0 Å². The fraction of sp³-hybridized carbons (Fsp3) is 0.708. The maximum absolute atomic E-state index is 13.3. The van der Waals surface area contributed by atoms with E-state index in [0.717, 1.165) is 44.1 Å². The lowest BCUT2D eigenvalue weighted by atomic mass is 9.95. The summed E-state index contributed by atoms with van der Waals surface area (Å²) in [5.74, 6) is 1.91. The van der Waals surface area contributed by atoms with Crippen molar-refractivity contribution in [3.8, 4) is 0 Å². The topological polar surface area (TPSA) is 84.2 Å². The summed E-state index contributed by atoms with van der Waals surface area (Å²) in [7, 11) is 0. The van der Waals surface area contributed by atoms with Crippen LogP contribution in [-0.4, -0.2) is 79.8 Å². The van der Waals surface area contributed by atoms with E-state index in [4.69, 9.17) is 0 Å². The Balaban J connectivity index is 1.42. The highest BCUT2D eigenvalue weighted by molar-refractivity contribution is 5.78. The Hall–Kier alpha value is -2.19. The van der Waals surface area contributed by atoms with Gasteiger partial charge < -0.3 is 24.7 Å². The minimum atomic E-state index is 0.0841. The predicted molar refractivity (Wildman–Crippen MR) is 127 cm³/mol. The first kappa shape index (κ1) is 24.5. The van der Waals surface area contributed by atoms with Crippen molar-refractivity contribution in [3.05, 3.63) is 36.4 Å². The molecule has 0 aliphatic carbocycles. The van der Waals surface area contributed by atoms with E-state index in [1.165, 1.54) is 45.3 Å². The van der Waals surface area contributed by atoms with Gasteiger partial charge in [0.1, 0.15) is 11.6 Å². The van der Waals surface area contributed by atoms with Crippen LogP contribution in [0.1, 0.15) is 64.0 Å². The van der Waals surface area contributed by atoms with Gasteiger partial charge >= 0.3 is 0 Å². The summed E-state index contributed by atoms with van der Waals surface area (Å²) in [5, 5.41) is 0. The third kappa shape index (κ3) is 7.74. The molecule has 2 N–H and O–H groups in total. The number of hydrogen-bond donors (Lipinski definition) is 2. The summed E-state index contributed by atoms with van der Waals surface area (Å²) in [5.41, 5.74) is 0. The molecule has 3 heterocycles. The number of carbonyl (C=O) groups excluding carboxylic acids is 1. The van der Waals surface area contributed by atoms with Crippen LogP contribution in [-0.2, 0) is 17.9 Å². The van der Waals surface area contributed by atoms with Crippen LogP contribution in [0.2, 0.25) is 0 Å². The predicted octanol–water partition coefficient (Wildman–Crippen LogP) is 3.28. The molecule has 0 saturated carbocycles. The fourth-order valence-electron chi connectivity index (χ4n) is 4.64. The van der Waals surface area contributed by atoms with Gasteiger partial charge in [0.15, 0.2) is 0 Å². The average molecular weight is 444 g/mol. The maximum Gasteiger partial charge on any atom is 0.226 e. The molecule has 0 spiro atoms. The Bertz CT molecular complexity index is 696. The zero-order chi connectivity index (χ0) is 22.6. The molecule has 2 aromatic heterocycles. The Morgan fingerprint density at radius 1 is 0.969 bits per heavy atom. The monoisotopic (exact) mass is 443 g/mol. The molecule has 0 bridgehead atoms. The number of carbonyl (C=O) groups is 1. The Morgan fingerprint density at radius 3 is 2.06 bits per heavy atom. The second-order valence-corrected chi connectivity index (χ2v) is 8.93. The number of nitrogens with one attached hydrogen (secondary N) is 2. The molecule has 1 fully saturated rings. The molecule has 1 amide bonds. The number of aromatic nitrogens is 4. The Morgan fingerprint density at radius 2 is 1.56 bits per heavy atom. The van der Waals surface area contributed by atoms with Gasteiger partial charge in [-0.05, 0) is 77.8 Å². The van der Waals surface area contributed by atoms with Crippen molar-refractivity contribution < 1.29 is 4.79 Å². The summed E-state index contributed by atoms with van der Waals surface area (Å²) in [4.78, 5) is 35.2. The first-order valence-corrected chi connectivity index (χ1v) is 12.4. The van der Waals surface area contributed by atoms with Gasteiger partial charge in [-0.15, -0.1) is 0 Å². The fourth-order valence-corrected chi connectivity index (χ4v) is 4.64. The Labute approximate surface area is 192 Å². The number of rotatable bonds is 14. The van der Waals surface area contributed by atoms with Gasteiger partial charge in [-0.1, -0.05) is 13.8 Å². The largest absolute Gasteiger partial charge is 0.347 e. The second kappa shape index (κ2) is 13.4. The van der Waals surface area contributed by atoms with Gasteiger partial charge in [0, 0.05) is 30.7 Å². The molecule has 1 aliphatic heterocycles. The SMILES string of the molecule is CCCN(CCC)CCCCN1CCC(C(=O)N(Cc2ncc[nH]2)Cc2ncc[nH]2)CC1. The lowest BCUT2D eigenvalue weighted by Crippen LogP contribution is -2.42. The Kier molecular flexibility index (Phi) is 10.2. The molecule has 0 aromatic carbocycles. The van der Waals surface area contributed by atoms with E-state index in [9.17, 15) is 4.79 Å². The maximum atomic E-state index is 13.3. The molecule has 3 rings (SSSR count). The lowest BCUT2D eigenvalue weighted by molar-refractivity contribution is -0.138. The van der Waals surface area contributed by atoms with Gasteiger partial charge in [-0.25, -0.2) is 9.97 Å². The molecule has 1 aliphatic rings. The first-order chi connectivity index (χ1) is 15.7. The van der Waals surface area contributed by atoms with Crippen LogP contribution in [0.5, 0.6) is 0 Å². The minimum absolute atomic E-state index is 0.0841. The highest BCUT2D eigenvalue weighted by Crippen LogP contribution is 2.22. The van der Waals surface area contributed by atoms with Crippen LogP contribution in [0.3, 0.4) is 0 Å². The summed E-state index contributed by atoms with van der Waals surface area (Å²) < 4.78 is 0. The highest BCUT2D eigenvalue weighted by Gasteiger charge is 2.29. The highest BCUT2D eigenvalue weighted by atomic mass is 16.2. The number of unbranched alkanes of at least 4 members (excludes halogenated alkanes) is 1. The van der Waals surface area contributed by atoms with Gasteiger partial charge in [0.25, 0.3) is 0 Å². The molecule has 0 radical (unpaired) electrons. The van der Waals surface area contributed by atoms with E-state index in [0.29, 0.717) is 13.1 Å². The third-order valence-electron chi connectivity index (χ3n) is 6.32. The molecular weight excluding hydrogens is 402 g/mol. The van der Waals surface area contributed by atoms with Crippen LogP contribution >= 0.6 is 0 Å². The van der Waals surface area contributed by atoms with Crippen molar-refractivity contribution in [2.45, 2.75) is 65.5 Å². The zero-order valence-corrected chi connectivity index (χ0v) is 19.9. The molecular formula is C24H41N7O. The zero-order valence-electron chi connectivity index (χ0n) is 19.9. The first-order valence-electron chi connectivity index (χ1n) is 12.4. The number of hydrogen-bond acceptors (Lipinski definition) is 5. The van der Waals surface area contributed by atoms with Crippen molar-refractivity contribution in [3.63, 3.8) is 0 Å². The second-order valence-electron chi connectivity index (χ2n) is 8.93. The van der Waals surface area contributed by atoms with E-state index in [1.807, 2.05) is 4.90 Å². The van der Waals surface area contributed by atoms with Crippen LogP contribution in [0, 0.1) is 5.92 Å². The van der Waals surface area contributed by atoms with Gasteiger partial charge in [0.2, 0.25) is 5.91 Å². The van der Waals surface area contributed by atoms with Crippen molar-refractivity contribution in [2.75, 3.05) is 39.3 Å². The normalized spacial score (nSPS) is 15.5. The number of piperidine rings is 1. The number of likely N-dealkylation sites (tertiary alicyclic amines) is 1. The molecule has 178 valence electrons. The lowest BCUT2D eigenvalue weighted by Gasteiger charge is -2.34. The van der Waals surface area contributed by atoms with E-state index < -0.39 is 0 Å². The molecule has 32 heavy (non-hydrogen) atoms. The van der Waals surface area contributed by atoms with Crippen molar-refractivity contribution >= 4 is 5.91 Å². The minimum Gasteiger partial charge on any atom is -0.347 e.